The Balaban J connectivity index is 1.44. The predicted octanol–water partition coefficient (Wildman–Crippen LogP) is 4.61. The fourth-order valence-corrected chi connectivity index (χ4v) is 3.08. The monoisotopic (exact) mass is 370 g/mol. The molecule has 1 amide bonds. The largest absolute Gasteiger partial charge is 0.368 e. The molecule has 136 valence electrons. The van der Waals surface area contributed by atoms with Crippen molar-refractivity contribution in [2.24, 2.45) is 0 Å². The number of anilines is 2. The number of rotatable bonds is 7. The molecular formula is C20H23ClN4O. The maximum absolute atomic E-state index is 12.1. The average molecular weight is 371 g/mol. The van der Waals surface area contributed by atoms with Crippen LogP contribution in [0.1, 0.15) is 37.7 Å². The summed E-state index contributed by atoms with van der Waals surface area (Å²) in [4.78, 5) is 12.1. The number of nitrogens with zero attached hydrogens (tertiary/aromatic N) is 2. The number of hydrogen-bond donors (Lipinski definition) is 2. The Morgan fingerprint density at radius 1 is 1.04 bits per heavy atom. The minimum Gasteiger partial charge on any atom is -0.368 e. The van der Waals surface area contributed by atoms with Crippen molar-refractivity contribution in [2.45, 2.75) is 38.5 Å². The van der Waals surface area contributed by atoms with E-state index >= 15 is 0 Å². The quantitative estimate of drug-likeness (QED) is 0.698. The second-order valence-corrected chi connectivity index (χ2v) is 6.88. The van der Waals surface area contributed by atoms with Crippen LogP contribution in [-0.2, 0) is 11.2 Å². The topological polar surface area (TPSA) is 66.9 Å². The Morgan fingerprint density at radius 3 is 2.50 bits per heavy atom. The lowest BCUT2D eigenvalue weighted by Gasteiger charge is -2.13. The van der Waals surface area contributed by atoms with Crippen LogP contribution in [0, 0.1) is 0 Å². The molecule has 0 unspecified atom stereocenters. The molecular weight excluding hydrogens is 348 g/mol. The molecule has 6 heteroatoms. The van der Waals surface area contributed by atoms with Gasteiger partial charge in [-0.3, -0.25) is 4.79 Å². The maximum atomic E-state index is 12.1. The van der Waals surface area contributed by atoms with Gasteiger partial charge in [-0.1, -0.05) is 35.4 Å². The van der Waals surface area contributed by atoms with Gasteiger partial charge in [0.15, 0.2) is 5.82 Å². The highest BCUT2D eigenvalue weighted by atomic mass is 35.5. The van der Waals surface area contributed by atoms with Gasteiger partial charge < -0.3 is 10.6 Å². The van der Waals surface area contributed by atoms with E-state index in [1.165, 1.54) is 31.3 Å². The molecule has 0 aliphatic heterocycles. The van der Waals surface area contributed by atoms with Crippen molar-refractivity contribution in [3.05, 3.63) is 58.6 Å². The molecule has 1 aromatic heterocycles. The van der Waals surface area contributed by atoms with Crippen LogP contribution in [-0.4, -0.2) is 22.6 Å². The molecule has 3 rings (SSSR count). The van der Waals surface area contributed by atoms with Crippen molar-refractivity contribution in [3.63, 3.8) is 0 Å². The van der Waals surface area contributed by atoms with E-state index in [-0.39, 0.29) is 12.3 Å². The Labute approximate surface area is 158 Å². The number of amides is 1. The molecule has 0 fully saturated rings. The minimum atomic E-state index is -0.133. The van der Waals surface area contributed by atoms with Crippen LogP contribution in [0.4, 0.5) is 11.6 Å². The molecule has 1 aliphatic carbocycles. The highest BCUT2D eigenvalue weighted by molar-refractivity contribution is 6.30. The summed E-state index contributed by atoms with van der Waals surface area (Å²) in [6.45, 7) is 0.850. The third-order valence-corrected chi connectivity index (χ3v) is 4.60. The van der Waals surface area contributed by atoms with Crippen LogP contribution in [0.3, 0.4) is 0 Å². The van der Waals surface area contributed by atoms with Gasteiger partial charge >= 0.3 is 0 Å². The minimum absolute atomic E-state index is 0.133. The van der Waals surface area contributed by atoms with Gasteiger partial charge in [-0.2, -0.15) is 0 Å². The Hall–Kier alpha value is -2.40. The first-order chi connectivity index (χ1) is 12.7. The van der Waals surface area contributed by atoms with Crippen LogP contribution in [0.15, 0.2) is 48.0 Å². The van der Waals surface area contributed by atoms with Gasteiger partial charge in [0.25, 0.3) is 0 Å². The molecule has 0 saturated heterocycles. The Bertz CT molecular complexity index is 756. The number of carbonyl (C=O) groups excluding carboxylic acids is 1. The zero-order valence-corrected chi connectivity index (χ0v) is 15.4. The first-order valence-corrected chi connectivity index (χ1v) is 9.37. The molecule has 1 aliphatic rings. The van der Waals surface area contributed by atoms with E-state index in [1.807, 2.05) is 18.2 Å². The molecule has 0 bridgehead atoms. The zero-order valence-electron chi connectivity index (χ0n) is 14.7. The van der Waals surface area contributed by atoms with E-state index < -0.39 is 0 Å². The molecule has 1 aromatic carbocycles. The summed E-state index contributed by atoms with van der Waals surface area (Å²) < 4.78 is 0. The van der Waals surface area contributed by atoms with Crippen LogP contribution in [0.2, 0.25) is 5.02 Å². The van der Waals surface area contributed by atoms with Gasteiger partial charge in [0.05, 0.1) is 6.42 Å². The average Bonchev–Trinajstić information content (AvgIpc) is 2.66. The van der Waals surface area contributed by atoms with E-state index in [9.17, 15) is 4.79 Å². The van der Waals surface area contributed by atoms with Gasteiger partial charge in [0.2, 0.25) is 5.91 Å². The summed E-state index contributed by atoms with van der Waals surface area (Å²) in [6.07, 6.45) is 8.71. The first kappa shape index (κ1) is 18.4. The van der Waals surface area contributed by atoms with Crippen LogP contribution in [0.5, 0.6) is 0 Å². The number of allylic oxidation sites excluding steroid dienone is 1. The highest BCUT2D eigenvalue weighted by Gasteiger charge is 2.07. The van der Waals surface area contributed by atoms with Crippen LogP contribution in [0.25, 0.3) is 0 Å². The van der Waals surface area contributed by atoms with E-state index in [1.54, 1.807) is 18.2 Å². The number of hydrogen-bond acceptors (Lipinski definition) is 4. The normalized spacial score (nSPS) is 13.8. The van der Waals surface area contributed by atoms with Crippen molar-refractivity contribution >= 4 is 29.1 Å². The van der Waals surface area contributed by atoms with Gasteiger partial charge in [-0.25, -0.2) is 0 Å². The summed E-state index contributed by atoms with van der Waals surface area (Å²) in [6, 6.07) is 10.8. The van der Waals surface area contributed by atoms with Gasteiger partial charge in [-0.15, -0.1) is 10.2 Å². The van der Waals surface area contributed by atoms with E-state index in [4.69, 9.17) is 11.6 Å². The highest BCUT2D eigenvalue weighted by Crippen LogP contribution is 2.20. The number of aromatic nitrogens is 2. The summed E-state index contributed by atoms with van der Waals surface area (Å²) >= 11 is 5.85. The number of nitrogens with one attached hydrogen (secondary N) is 2. The molecule has 2 N–H and O–H groups in total. The third kappa shape index (κ3) is 5.85. The van der Waals surface area contributed by atoms with Crippen molar-refractivity contribution in [1.82, 2.24) is 10.2 Å². The zero-order chi connectivity index (χ0) is 18.2. The lowest BCUT2D eigenvalue weighted by atomic mass is 9.97. The second-order valence-electron chi connectivity index (χ2n) is 6.44. The summed E-state index contributed by atoms with van der Waals surface area (Å²) in [5.41, 5.74) is 2.43. The SMILES string of the molecule is O=C(Cc1ccc(Cl)cc1)Nc1ccc(NCCC2=CCCCC2)nn1. The molecule has 0 atom stereocenters. The van der Waals surface area contributed by atoms with Gasteiger partial charge in [0, 0.05) is 11.6 Å². The van der Waals surface area contributed by atoms with Crippen molar-refractivity contribution in [1.29, 1.82) is 0 Å². The van der Waals surface area contributed by atoms with Gasteiger partial charge in [-0.05, 0) is 61.9 Å². The van der Waals surface area contributed by atoms with E-state index in [0.717, 1.165) is 24.3 Å². The van der Waals surface area contributed by atoms with Crippen LogP contribution < -0.4 is 10.6 Å². The summed E-state index contributed by atoms with van der Waals surface area (Å²) in [5, 5.41) is 14.9. The Morgan fingerprint density at radius 2 is 1.81 bits per heavy atom. The molecule has 5 nitrogen and oxygen atoms in total. The molecule has 0 saturated carbocycles. The molecule has 26 heavy (non-hydrogen) atoms. The maximum Gasteiger partial charge on any atom is 0.229 e. The first-order valence-electron chi connectivity index (χ1n) is 8.99. The smallest absolute Gasteiger partial charge is 0.229 e. The van der Waals surface area contributed by atoms with Crippen molar-refractivity contribution in [3.8, 4) is 0 Å². The number of benzene rings is 1. The lowest BCUT2D eigenvalue weighted by molar-refractivity contribution is -0.115. The lowest BCUT2D eigenvalue weighted by Crippen LogP contribution is -2.16. The molecule has 0 radical (unpaired) electrons. The van der Waals surface area contributed by atoms with Crippen LogP contribution >= 0.6 is 11.6 Å². The summed E-state index contributed by atoms with van der Waals surface area (Å²) in [7, 11) is 0. The van der Waals surface area contributed by atoms with Gasteiger partial charge in [0.1, 0.15) is 5.82 Å². The predicted molar refractivity (Wildman–Crippen MR) is 105 cm³/mol. The Kier molecular flexibility index (Phi) is 6.61. The fraction of sp³-hybridized carbons (Fsp3) is 0.350. The molecule has 2 aromatic rings. The van der Waals surface area contributed by atoms with Crippen molar-refractivity contribution in [2.75, 3.05) is 17.2 Å². The number of carbonyl (C=O) groups is 1. The van der Waals surface area contributed by atoms with Crippen molar-refractivity contribution < 1.29 is 4.79 Å². The standard InChI is InChI=1S/C20H23ClN4O/c21-17-8-6-16(7-9-17)14-20(26)23-19-11-10-18(24-25-19)22-13-12-15-4-2-1-3-5-15/h4,6-11H,1-3,5,12-14H2,(H,22,24)(H,23,25,26). The van der Waals surface area contributed by atoms with E-state index in [0.29, 0.717) is 10.8 Å². The number of halogens is 1. The molecule has 0 spiro atoms. The third-order valence-electron chi connectivity index (χ3n) is 4.35. The fourth-order valence-electron chi connectivity index (χ4n) is 2.95. The summed E-state index contributed by atoms with van der Waals surface area (Å²) in [5.74, 6) is 1.04. The second kappa shape index (κ2) is 9.34. The molecule has 1 heterocycles. The van der Waals surface area contributed by atoms with E-state index in [2.05, 4.69) is 26.9 Å².